The fourth-order valence-electron chi connectivity index (χ4n) is 1.89. The van der Waals surface area contributed by atoms with Crippen molar-refractivity contribution in [3.63, 3.8) is 0 Å². The van der Waals surface area contributed by atoms with Crippen molar-refractivity contribution in [2.75, 3.05) is 5.01 Å². The Labute approximate surface area is 111 Å². The highest BCUT2D eigenvalue weighted by atomic mass is 32.2. The van der Waals surface area contributed by atoms with E-state index in [4.69, 9.17) is 4.55 Å². The van der Waals surface area contributed by atoms with E-state index < -0.39 is 10.1 Å². The molecular formula is C12H14N2O4S. The standard InChI is InChI=1S/C12H14N2O4S/c1-2-4-9-7-12(15)14(13-9)10-5-3-6-11(8-10)19(16,17)18/h3,5-6,8H,2,4,7H2,1H3,(H,16,17,18). The van der Waals surface area contributed by atoms with Gasteiger partial charge in [0.1, 0.15) is 0 Å². The summed E-state index contributed by atoms with van der Waals surface area (Å²) in [6, 6.07) is 5.52. The Morgan fingerprint density at radius 2 is 2.16 bits per heavy atom. The second kappa shape index (κ2) is 5.10. The molecule has 0 radical (unpaired) electrons. The fourth-order valence-corrected chi connectivity index (χ4v) is 2.41. The summed E-state index contributed by atoms with van der Waals surface area (Å²) in [6.45, 7) is 1.99. The quantitative estimate of drug-likeness (QED) is 0.853. The largest absolute Gasteiger partial charge is 0.294 e. The lowest BCUT2D eigenvalue weighted by Crippen LogP contribution is -2.19. The number of benzene rings is 1. The third kappa shape index (κ3) is 2.99. The van der Waals surface area contributed by atoms with Gasteiger partial charge in [0.05, 0.1) is 17.0 Å². The average Bonchev–Trinajstić information content (AvgIpc) is 2.70. The molecule has 102 valence electrons. The molecule has 0 bridgehead atoms. The van der Waals surface area contributed by atoms with E-state index in [1.165, 1.54) is 23.2 Å². The zero-order valence-corrected chi connectivity index (χ0v) is 11.2. The molecule has 0 spiro atoms. The Balaban J connectivity index is 2.35. The van der Waals surface area contributed by atoms with E-state index in [9.17, 15) is 13.2 Å². The van der Waals surface area contributed by atoms with Gasteiger partial charge in [-0.3, -0.25) is 9.35 Å². The molecule has 0 saturated heterocycles. The molecule has 0 saturated carbocycles. The first-order chi connectivity index (χ1) is 8.91. The maximum Gasteiger partial charge on any atom is 0.294 e. The van der Waals surface area contributed by atoms with Gasteiger partial charge in [0.2, 0.25) is 0 Å². The van der Waals surface area contributed by atoms with E-state index >= 15 is 0 Å². The van der Waals surface area contributed by atoms with Crippen LogP contribution in [0.2, 0.25) is 0 Å². The number of nitrogens with zero attached hydrogens (tertiary/aromatic N) is 2. The molecule has 19 heavy (non-hydrogen) atoms. The Kier molecular flexibility index (Phi) is 3.68. The summed E-state index contributed by atoms with van der Waals surface area (Å²) in [5.74, 6) is -0.198. The van der Waals surface area contributed by atoms with Crippen LogP contribution in [0.15, 0.2) is 34.3 Å². The first kappa shape index (κ1) is 13.7. The van der Waals surface area contributed by atoms with Crippen LogP contribution in [-0.2, 0) is 14.9 Å². The topological polar surface area (TPSA) is 87.0 Å². The van der Waals surface area contributed by atoms with Crippen molar-refractivity contribution in [3.05, 3.63) is 24.3 Å². The van der Waals surface area contributed by atoms with Gasteiger partial charge in [-0.25, -0.2) is 5.01 Å². The smallest absolute Gasteiger partial charge is 0.282 e. The number of rotatable bonds is 4. The van der Waals surface area contributed by atoms with Crippen LogP contribution in [0.3, 0.4) is 0 Å². The maximum absolute atomic E-state index is 11.8. The van der Waals surface area contributed by atoms with Gasteiger partial charge in [0, 0.05) is 5.71 Å². The fraction of sp³-hybridized carbons (Fsp3) is 0.333. The summed E-state index contributed by atoms with van der Waals surface area (Å²) < 4.78 is 31.1. The molecule has 1 heterocycles. The van der Waals surface area contributed by atoms with Crippen molar-refractivity contribution in [2.24, 2.45) is 5.10 Å². The molecule has 0 atom stereocenters. The molecule has 2 rings (SSSR count). The Morgan fingerprint density at radius 1 is 1.42 bits per heavy atom. The van der Waals surface area contributed by atoms with Gasteiger partial charge in [-0.1, -0.05) is 19.4 Å². The van der Waals surface area contributed by atoms with E-state index in [1.54, 1.807) is 6.07 Å². The van der Waals surface area contributed by atoms with Crippen LogP contribution >= 0.6 is 0 Å². The number of carbonyl (C=O) groups is 1. The normalized spacial score (nSPS) is 15.8. The highest BCUT2D eigenvalue weighted by molar-refractivity contribution is 7.85. The summed E-state index contributed by atoms with van der Waals surface area (Å²) in [4.78, 5) is 11.6. The minimum absolute atomic E-state index is 0.198. The molecule has 0 fully saturated rings. The van der Waals surface area contributed by atoms with Crippen molar-refractivity contribution in [3.8, 4) is 0 Å². The number of carbonyl (C=O) groups excluding carboxylic acids is 1. The molecule has 0 aromatic heterocycles. The van der Waals surface area contributed by atoms with Crippen molar-refractivity contribution in [1.29, 1.82) is 0 Å². The van der Waals surface area contributed by atoms with E-state index in [0.717, 1.165) is 18.6 Å². The van der Waals surface area contributed by atoms with Crippen LogP contribution in [-0.4, -0.2) is 24.6 Å². The van der Waals surface area contributed by atoms with E-state index in [-0.39, 0.29) is 17.2 Å². The summed E-state index contributed by atoms with van der Waals surface area (Å²) >= 11 is 0. The molecule has 1 aromatic rings. The molecule has 1 aromatic carbocycles. The number of hydrazone groups is 1. The number of anilines is 1. The van der Waals surface area contributed by atoms with Gasteiger partial charge in [-0.05, 0) is 24.6 Å². The molecule has 7 heteroatoms. The molecule has 0 aliphatic carbocycles. The van der Waals surface area contributed by atoms with E-state index in [2.05, 4.69) is 5.10 Å². The van der Waals surface area contributed by atoms with Gasteiger partial charge in [0.25, 0.3) is 16.0 Å². The van der Waals surface area contributed by atoms with Crippen LogP contribution in [0.25, 0.3) is 0 Å². The molecule has 1 aliphatic heterocycles. The highest BCUT2D eigenvalue weighted by Gasteiger charge is 2.25. The van der Waals surface area contributed by atoms with Crippen molar-refractivity contribution < 1.29 is 17.8 Å². The number of amides is 1. The minimum Gasteiger partial charge on any atom is -0.282 e. The van der Waals surface area contributed by atoms with Crippen LogP contribution in [0.5, 0.6) is 0 Å². The van der Waals surface area contributed by atoms with Crippen LogP contribution in [0.1, 0.15) is 26.2 Å². The molecule has 1 amide bonds. The molecular weight excluding hydrogens is 268 g/mol. The lowest BCUT2D eigenvalue weighted by molar-refractivity contribution is -0.116. The summed E-state index contributed by atoms with van der Waals surface area (Å²) in [5.41, 5.74) is 1.12. The first-order valence-corrected chi connectivity index (χ1v) is 7.32. The summed E-state index contributed by atoms with van der Waals surface area (Å²) in [5, 5.41) is 5.36. The zero-order chi connectivity index (χ0) is 14.0. The van der Waals surface area contributed by atoms with Crippen LogP contribution in [0.4, 0.5) is 5.69 Å². The van der Waals surface area contributed by atoms with E-state index in [1.807, 2.05) is 6.92 Å². The molecule has 1 N–H and O–H groups in total. The lowest BCUT2D eigenvalue weighted by atomic mass is 10.2. The van der Waals surface area contributed by atoms with Gasteiger partial charge in [0.15, 0.2) is 0 Å². The Hall–Kier alpha value is -1.73. The Morgan fingerprint density at radius 3 is 2.79 bits per heavy atom. The van der Waals surface area contributed by atoms with Crippen molar-refractivity contribution >= 4 is 27.4 Å². The number of hydrogen-bond donors (Lipinski definition) is 1. The lowest BCUT2D eigenvalue weighted by Gasteiger charge is -2.12. The van der Waals surface area contributed by atoms with Gasteiger partial charge in [-0.15, -0.1) is 0 Å². The second-order valence-electron chi connectivity index (χ2n) is 4.27. The Bertz CT molecular complexity index is 637. The van der Waals surface area contributed by atoms with Gasteiger partial charge < -0.3 is 0 Å². The van der Waals surface area contributed by atoms with Gasteiger partial charge in [-0.2, -0.15) is 13.5 Å². The van der Waals surface area contributed by atoms with Crippen LogP contribution < -0.4 is 5.01 Å². The third-order valence-electron chi connectivity index (χ3n) is 2.73. The number of hydrogen-bond acceptors (Lipinski definition) is 4. The SMILES string of the molecule is CCCC1=NN(c2cccc(S(=O)(=O)O)c2)C(=O)C1. The zero-order valence-electron chi connectivity index (χ0n) is 10.4. The van der Waals surface area contributed by atoms with Crippen molar-refractivity contribution in [2.45, 2.75) is 31.1 Å². The molecule has 6 nitrogen and oxygen atoms in total. The highest BCUT2D eigenvalue weighted by Crippen LogP contribution is 2.24. The third-order valence-corrected chi connectivity index (χ3v) is 3.58. The predicted molar refractivity (Wildman–Crippen MR) is 70.7 cm³/mol. The minimum atomic E-state index is -4.28. The average molecular weight is 282 g/mol. The molecule has 0 unspecified atom stereocenters. The summed E-state index contributed by atoms with van der Waals surface area (Å²) in [6.07, 6.45) is 1.88. The summed E-state index contributed by atoms with van der Waals surface area (Å²) in [7, 11) is -4.28. The first-order valence-electron chi connectivity index (χ1n) is 5.88. The maximum atomic E-state index is 11.8. The van der Waals surface area contributed by atoms with Crippen LogP contribution in [0, 0.1) is 0 Å². The molecule has 1 aliphatic rings. The monoisotopic (exact) mass is 282 g/mol. The van der Waals surface area contributed by atoms with Crippen molar-refractivity contribution in [1.82, 2.24) is 0 Å². The predicted octanol–water partition coefficient (Wildman–Crippen LogP) is 1.83. The van der Waals surface area contributed by atoms with Gasteiger partial charge >= 0.3 is 0 Å². The second-order valence-corrected chi connectivity index (χ2v) is 5.69. The van der Waals surface area contributed by atoms with E-state index in [0.29, 0.717) is 5.69 Å².